The van der Waals surface area contributed by atoms with E-state index in [2.05, 4.69) is 30.4 Å². The summed E-state index contributed by atoms with van der Waals surface area (Å²) in [7, 11) is 1.54. The highest BCUT2D eigenvalue weighted by Gasteiger charge is 2.41. The number of nitrogens with one attached hydrogen (secondary N) is 1. The Morgan fingerprint density at radius 2 is 1.96 bits per heavy atom. The number of para-hydroxylation sites is 1. The SMILES string of the molecule is CON=C1CC(C)(C)C(OC(C)=O)C(Nc2ccccc2)C=C1C. The van der Waals surface area contributed by atoms with Crippen molar-refractivity contribution in [2.24, 2.45) is 10.6 Å². The van der Waals surface area contributed by atoms with Gasteiger partial charge in [0.2, 0.25) is 0 Å². The number of allylic oxidation sites excluding steroid dienone is 1. The van der Waals surface area contributed by atoms with Gasteiger partial charge in [-0.25, -0.2) is 0 Å². The predicted octanol–water partition coefficient (Wildman–Crippen LogP) is 3.78. The molecule has 0 amide bonds. The van der Waals surface area contributed by atoms with Crippen LogP contribution in [0.5, 0.6) is 0 Å². The number of anilines is 1. The molecule has 0 aromatic heterocycles. The molecule has 0 saturated carbocycles. The number of hydrogen-bond donors (Lipinski definition) is 1. The van der Waals surface area contributed by atoms with Crippen LogP contribution in [0.4, 0.5) is 5.69 Å². The van der Waals surface area contributed by atoms with Gasteiger partial charge >= 0.3 is 5.97 Å². The number of carbonyl (C=O) groups is 1. The quantitative estimate of drug-likeness (QED) is 0.674. The number of benzene rings is 1. The van der Waals surface area contributed by atoms with Crippen LogP contribution < -0.4 is 5.32 Å². The molecule has 1 aromatic rings. The summed E-state index contributed by atoms with van der Waals surface area (Å²) in [5.41, 5.74) is 2.57. The van der Waals surface area contributed by atoms with E-state index >= 15 is 0 Å². The van der Waals surface area contributed by atoms with Gasteiger partial charge in [-0.3, -0.25) is 4.79 Å². The van der Waals surface area contributed by atoms with Gasteiger partial charge in [-0.15, -0.1) is 0 Å². The van der Waals surface area contributed by atoms with Crippen molar-refractivity contribution < 1.29 is 14.4 Å². The lowest BCUT2D eigenvalue weighted by molar-refractivity contribution is -0.152. The third-order valence-electron chi connectivity index (χ3n) is 4.21. The molecule has 2 atom stereocenters. The van der Waals surface area contributed by atoms with Gasteiger partial charge in [0.25, 0.3) is 0 Å². The molecule has 1 aliphatic carbocycles. The van der Waals surface area contributed by atoms with Crippen LogP contribution in [0.15, 0.2) is 47.1 Å². The lowest BCUT2D eigenvalue weighted by atomic mass is 9.79. The molecule has 2 rings (SSSR count). The first-order valence-electron chi connectivity index (χ1n) is 8.11. The van der Waals surface area contributed by atoms with Crippen LogP contribution in [0, 0.1) is 5.41 Å². The van der Waals surface area contributed by atoms with Crippen LogP contribution in [0.3, 0.4) is 0 Å². The Bertz CT molecular complexity index is 635. The Labute approximate surface area is 143 Å². The van der Waals surface area contributed by atoms with Crippen molar-refractivity contribution in [2.45, 2.75) is 46.3 Å². The summed E-state index contributed by atoms with van der Waals surface area (Å²) in [6.45, 7) is 7.61. The minimum Gasteiger partial charge on any atom is -0.459 e. The summed E-state index contributed by atoms with van der Waals surface area (Å²) in [5.74, 6) is -0.286. The molecular weight excluding hydrogens is 304 g/mol. The lowest BCUT2D eigenvalue weighted by Gasteiger charge is -2.36. The highest BCUT2D eigenvalue weighted by atomic mass is 16.6. The first kappa shape index (κ1) is 18.0. The third-order valence-corrected chi connectivity index (χ3v) is 4.21. The molecule has 0 spiro atoms. The molecule has 130 valence electrons. The van der Waals surface area contributed by atoms with Gasteiger partial charge in [0.05, 0.1) is 11.8 Å². The maximum absolute atomic E-state index is 11.7. The highest BCUT2D eigenvalue weighted by Crippen LogP contribution is 2.36. The molecular formula is C19H26N2O3. The second-order valence-corrected chi connectivity index (χ2v) is 6.80. The zero-order valence-corrected chi connectivity index (χ0v) is 15.0. The van der Waals surface area contributed by atoms with Crippen molar-refractivity contribution in [3.8, 4) is 0 Å². The topological polar surface area (TPSA) is 59.9 Å². The summed E-state index contributed by atoms with van der Waals surface area (Å²) < 4.78 is 5.70. The third kappa shape index (κ3) is 4.37. The molecule has 0 aliphatic heterocycles. The normalized spacial score (nSPS) is 24.7. The lowest BCUT2D eigenvalue weighted by Crippen LogP contribution is -2.45. The summed E-state index contributed by atoms with van der Waals surface area (Å²) >= 11 is 0. The van der Waals surface area contributed by atoms with Crippen LogP contribution in [-0.4, -0.2) is 30.9 Å². The van der Waals surface area contributed by atoms with Crippen molar-refractivity contribution in [3.05, 3.63) is 42.0 Å². The van der Waals surface area contributed by atoms with Crippen molar-refractivity contribution in [2.75, 3.05) is 12.4 Å². The van der Waals surface area contributed by atoms with E-state index in [0.717, 1.165) is 17.0 Å². The van der Waals surface area contributed by atoms with Gasteiger partial charge in [-0.2, -0.15) is 0 Å². The van der Waals surface area contributed by atoms with Gasteiger partial charge in [0.1, 0.15) is 13.2 Å². The average Bonchev–Trinajstić information content (AvgIpc) is 2.59. The monoisotopic (exact) mass is 330 g/mol. The Morgan fingerprint density at radius 1 is 1.29 bits per heavy atom. The molecule has 0 bridgehead atoms. The number of oxime groups is 1. The summed E-state index contributed by atoms with van der Waals surface area (Å²) in [6, 6.07) is 9.75. The van der Waals surface area contributed by atoms with Gasteiger partial charge in [-0.05, 0) is 24.6 Å². The number of rotatable bonds is 4. The predicted molar refractivity (Wildman–Crippen MR) is 96.0 cm³/mol. The minimum absolute atomic E-state index is 0.157. The van der Waals surface area contributed by atoms with E-state index < -0.39 is 0 Å². The summed E-state index contributed by atoms with van der Waals surface area (Å²) in [5, 5.41) is 7.63. The maximum Gasteiger partial charge on any atom is 0.303 e. The second kappa shape index (κ2) is 7.51. The molecule has 5 nitrogen and oxygen atoms in total. The smallest absolute Gasteiger partial charge is 0.303 e. The number of esters is 1. The molecule has 24 heavy (non-hydrogen) atoms. The number of hydrogen-bond acceptors (Lipinski definition) is 5. The Hall–Kier alpha value is -2.30. The van der Waals surface area contributed by atoms with E-state index in [9.17, 15) is 4.79 Å². The molecule has 0 heterocycles. The second-order valence-electron chi connectivity index (χ2n) is 6.80. The molecule has 0 fully saturated rings. The largest absolute Gasteiger partial charge is 0.459 e. The minimum atomic E-state index is -0.324. The van der Waals surface area contributed by atoms with Gasteiger partial charge in [0, 0.05) is 24.4 Å². The summed E-state index contributed by atoms with van der Waals surface area (Å²) in [4.78, 5) is 16.7. The molecule has 0 saturated heterocycles. The average molecular weight is 330 g/mol. The fourth-order valence-electron chi connectivity index (χ4n) is 3.08. The molecule has 1 aromatic carbocycles. The Balaban J connectivity index is 2.42. The van der Waals surface area contributed by atoms with Crippen LogP contribution in [-0.2, 0) is 14.4 Å². The molecule has 2 unspecified atom stereocenters. The van der Waals surface area contributed by atoms with Gasteiger partial charge in [0.15, 0.2) is 0 Å². The Morgan fingerprint density at radius 3 is 2.54 bits per heavy atom. The number of ether oxygens (including phenoxy) is 1. The zero-order chi connectivity index (χ0) is 17.7. The standard InChI is InChI=1S/C19H26N2O3/c1-13-11-16(20-15-9-7-6-8-10-15)18(24-14(2)22)19(3,4)12-17(13)21-23-5/h6-11,16,18,20H,12H2,1-5H3. The van der Waals surface area contributed by atoms with Crippen molar-refractivity contribution >= 4 is 17.4 Å². The fourth-order valence-corrected chi connectivity index (χ4v) is 3.08. The van der Waals surface area contributed by atoms with E-state index in [1.807, 2.05) is 37.3 Å². The van der Waals surface area contributed by atoms with E-state index in [0.29, 0.717) is 6.42 Å². The summed E-state index contributed by atoms with van der Waals surface area (Å²) in [6.07, 6.45) is 2.40. The van der Waals surface area contributed by atoms with Crippen LogP contribution in [0.1, 0.15) is 34.1 Å². The van der Waals surface area contributed by atoms with Crippen LogP contribution in [0.2, 0.25) is 0 Å². The van der Waals surface area contributed by atoms with Crippen LogP contribution >= 0.6 is 0 Å². The highest BCUT2D eigenvalue weighted by molar-refractivity contribution is 6.00. The van der Waals surface area contributed by atoms with Crippen molar-refractivity contribution in [3.63, 3.8) is 0 Å². The molecule has 1 aliphatic rings. The van der Waals surface area contributed by atoms with Crippen molar-refractivity contribution in [1.29, 1.82) is 0 Å². The first-order chi connectivity index (χ1) is 11.3. The van der Waals surface area contributed by atoms with Crippen molar-refractivity contribution in [1.82, 2.24) is 0 Å². The fraction of sp³-hybridized carbons (Fsp3) is 0.474. The van der Waals surface area contributed by atoms with Gasteiger partial charge in [-0.1, -0.05) is 43.3 Å². The van der Waals surface area contributed by atoms with Gasteiger partial charge < -0.3 is 14.9 Å². The molecule has 5 heteroatoms. The zero-order valence-electron chi connectivity index (χ0n) is 15.0. The van der Waals surface area contributed by atoms with E-state index in [-0.39, 0.29) is 23.5 Å². The molecule has 1 N–H and O–H groups in total. The van der Waals surface area contributed by atoms with Crippen LogP contribution in [0.25, 0.3) is 0 Å². The first-order valence-corrected chi connectivity index (χ1v) is 8.11. The molecule has 0 radical (unpaired) electrons. The maximum atomic E-state index is 11.7. The van der Waals surface area contributed by atoms with E-state index in [1.165, 1.54) is 6.92 Å². The number of nitrogens with zero attached hydrogens (tertiary/aromatic N) is 1. The van der Waals surface area contributed by atoms with E-state index in [1.54, 1.807) is 7.11 Å². The Kier molecular flexibility index (Phi) is 5.65. The number of carbonyl (C=O) groups excluding carboxylic acids is 1. The van der Waals surface area contributed by atoms with E-state index in [4.69, 9.17) is 9.57 Å².